The molecule has 0 heterocycles. The van der Waals surface area contributed by atoms with Crippen LogP contribution in [0.1, 0.15) is 25.0 Å². The van der Waals surface area contributed by atoms with Crippen LogP contribution in [0.3, 0.4) is 0 Å². The van der Waals surface area contributed by atoms with E-state index in [4.69, 9.17) is 25.8 Å². The zero-order valence-corrected chi connectivity index (χ0v) is 19.8. The third-order valence-electron chi connectivity index (χ3n) is 4.14. The molecule has 0 spiro atoms. The SMILES string of the molecule is CCOc1ccc(N=Cc2cc(I)c(OCc3ccc(Cl)cc3)c(OCC)c2)cc1. The minimum atomic E-state index is 0.437. The Morgan fingerprint density at radius 2 is 1.60 bits per heavy atom. The van der Waals surface area contributed by atoms with Crippen LogP contribution >= 0.6 is 34.2 Å². The van der Waals surface area contributed by atoms with E-state index in [1.54, 1.807) is 0 Å². The molecule has 0 radical (unpaired) electrons. The Hall–Kier alpha value is -2.25. The van der Waals surface area contributed by atoms with Gasteiger partial charge in [0, 0.05) is 11.2 Å². The van der Waals surface area contributed by atoms with E-state index >= 15 is 0 Å². The van der Waals surface area contributed by atoms with Gasteiger partial charge in [0.25, 0.3) is 0 Å². The summed E-state index contributed by atoms with van der Waals surface area (Å²) in [5.74, 6) is 2.27. The molecular weight excluding hydrogens is 513 g/mol. The molecule has 0 aromatic heterocycles. The zero-order valence-electron chi connectivity index (χ0n) is 16.9. The topological polar surface area (TPSA) is 40.0 Å². The first-order valence-electron chi connectivity index (χ1n) is 9.69. The maximum absolute atomic E-state index is 6.07. The Morgan fingerprint density at radius 1 is 0.900 bits per heavy atom. The fraction of sp³-hybridized carbons (Fsp3) is 0.208. The van der Waals surface area contributed by atoms with Crippen LogP contribution in [0.4, 0.5) is 5.69 Å². The molecule has 0 aliphatic rings. The predicted molar refractivity (Wildman–Crippen MR) is 131 cm³/mol. The van der Waals surface area contributed by atoms with E-state index in [9.17, 15) is 0 Å². The molecule has 156 valence electrons. The minimum Gasteiger partial charge on any atom is -0.494 e. The van der Waals surface area contributed by atoms with Gasteiger partial charge in [-0.2, -0.15) is 0 Å². The van der Waals surface area contributed by atoms with Crippen molar-refractivity contribution in [3.05, 3.63) is 80.4 Å². The van der Waals surface area contributed by atoms with Gasteiger partial charge in [-0.1, -0.05) is 23.7 Å². The van der Waals surface area contributed by atoms with Crippen LogP contribution in [0, 0.1) is 3.57 Å². The van der Waals surface area contributed by atoms with Crippen LogP contribution in [0.5, 0.6) is 17.2 Å². The number of hydrogen-bond donors (Lipinski definition) is 0. The van der Waals surface area contributed by atoms with E-state index < -0.39 is 0 Å². The second-order valence-electron chi connectivity index (χ2n) is 6.36. The lowest BCUT2D eigenvalue weighted by atomic mass is 10.2. The minimum absolute atomic E-state index is 0.437. The van der Waals surface area contributed by atoms with Crippen molar-refractivity contribution in [2.45, 2.75) is 20.5 Å². The van der Waals surface area contributed by atoms with Crippen molar-refractivity contribution in [3.63, 3.8) is 0 Å². The third-order valence-corrected chi connectivity index (χ3v) is 5.19. The number of nitrogens with zero attached hydrogens (tertiary/aromatic N) is 1. The van der Waals surface area contributed by atoms with Crippen molar-refractivity contribution >= 4 is 46.1 Å². The summed E-state index contributed by atoms with van der Waals surface area (Å²) >= 11 is 8.22. The average Bonchev–Trinajstić information content (AvgIpc) is 2.74. The summed E-state index contributed by atoms with van der Waals surface area (Å²) in [6, 6.07) is 19.3. The number of aliphatic imine (C=N–C) groups is 1. The van der Waals surface area contributed by atoms with Gasteiger partial charge in [-0.25, -0.2) is 0 Å². The highest BCUT2D eigenvalue weighted by Gasteiger charge is 2.12. The smallest absolute Gasteiger partial charge is 0.175 e. The lowest BCUT2D eigenvalue weighted by molar-refractivity contribution is 0.267. The van der Waals surface area contributed by atoms with E-state index in [1.807, 2.05) is 80.7 Å². The molecule has 3 rings (SSSR count). The molecule has 0 saturated carbocycles. The highest BCUT2D eigenvalue weighted by atomic mass is 127. The summed E-state index contributed by atoms with van der Waals surface area (Å²) in [4.78, 5) is 4.56. The maximum atomic E-state index is 6.07. The lowest BCUT2D eigenvalue weighted by Crippen LogP contribution is -2.02. The summed E-state index contributed by atoms with van der Waals surface area (Å²) in [7, 11) is 0. The quantitative estimate of drug-likeness (QED) is 0.217. The van der Waals surface area contributed by atoms with E-state index in [1.165, 1.54) is 0 Å². The van der Waals surface area contributed by atoms with Gasteiger partial charge in [-0.05, 0) is 96.1 Å². The molecular formula is C24H23ClINO3. The van der Waals surface area contributed by atoms with Crippen molar-refractivity contribution in [3.8, 4) is 17.2 Å². The summed E-state index contributed by atoms with van der Waals surface area (Å²) in [6.45, 7) is 5.55. The molecule has 30 heavy (non-hydrogen) atoms. The van der Waals surface area contributed by atoms with Gasteiger partial charge in [0.1, 0.15) is 12.4 Å². The summed E-state index contributed by atoms with van der Waals surface area (Å²) < 4.78 is 18.3. The largest absolute Gasteiger partial charge is 0.494 e. The van der Waals surface area contributed by atoms with E-state index in [2.05, 4.69) is 27.6 Å². The van der Waals surface area contributed by atoms with Gasteiger partial charge in [0.15, 0.2) is 11.5 Å². The van der Waals surface area contributed by atoms with Gasteiger partial charge < -0.3 is 14.2 Å². The third kappa shape index (κ3) is 6.37. The molecule has 0 aliphatic carbocycles. The maximum Gasteiger partial charge on any atom is 0.175 e. The Bertz CT molecular complexity index is 989. The number of hydrogen-bond acceptors (Lipinski definition) is 4. The van der Waals surface area contributed by atoms with Crippen molar-refractivity contribution < 1.29 is 14.2 Å². The van der Waals surface area contributed by atoms with Crippen molar-refractivity contribution in [1.82, 2.24) is 0 Å². The standard InChI is InChI=1S/C24H23ClINO3/c1-3-28-21-11-9-20(10-12-21)27-15-18-13-22(26)24(23(14-18)29-4-2)30-16-17-5-7-19(25)8-6-17/h5-15H,3-4,16H2,1-2H3. The van der Waals surface area contributed by atoms with E-state index in [0.29, 0.717) is 30.6 Å². The first kappa shape index (κ1) is 22.4. The highest BCUT2D eigenvalue weighted by Crippen LogP contribution is 2.34. The van der Waals surface area contributed by atoms with Crippen LogP contribution < -0.4 is 14.2 Å². The molecule has 0 atom stereocenters. The van der Waals surface area contributed by atoms with Crippen LogP contribution in [-0.4, -0.2) is 19.4 Å². The predicted octanol–water partition coefficient (Wildman–Crippen LogP) is 7.07. The van der Waals surface area contributed by atoms with Gasteiger partial charge in [0.05, 0.1) is 22.5 Å². The molecule has 0 N–H and O–H groups in total. The molecule has 0 unspecified atom stereocenters. The Labute approximate surface area is 196 Å². The Kier molecular flexibility index (Phi) is 8.39. The number of rotatable bonds is 9. The molecule has 0 aliphatic heterocycles. The first-order valence-corrected chi connectivity index (χ1v) is 11.1. The van der Waals surface area contributed by atoms with Crippen LogP contribution in [-0.2, 0) is 6.61 Å². The van der Waals surface area contributed by atoms with Crippen LogP contribution in [0.2, 0.25) is 5.02 Å². The number of benzene rings is 3. The van der Waals surface area contributed by atoms with Crippen molar-refractivity contribution in [1.29, 1.82) is 0 Å². The van der Waals surface area contributed by atoms with Crippen molar-refractivity contribution in [2.24, 2.45) is 4.99 Å². The normalized spacial score (nSPS) is 10.9. The van der Waals surface area contributed by atoms with Gasteiger partial charge >= 0.3 is 0 Å². The fourth-order valence-electron chi connectivity index (χ4n) is 2.75. The number of ether oxygens (including phenoxy) is 3. The molecule has 0 saturated heterocycles. The highest BCUT2D eigenvalue weighted by molar-refractivity contribution is 14.1. The van der Waals surface area contributed by atoms with E-state index in [0.717, 1.165) is 31.9 Å². The summed E-state index contributed by atoms with van der Waals surface area (Å²) in [5.41, 5.74) is 2.84. The number of halogens is 2. The van der Waals surface area contributed by atoms with Crippen LogP contribution in [0.25, 0.3) is 0 Å². The van der Waals surface area contributed by atoms with Gasteiger partial charge in [0.2, 0.25) is 0 Å². The van der Waals surface area contributed by atoms with Gasteiger partial charge in [-0.15, -0.1) is 0 Å². The molecule has 0 amide bonds. The second-order valence-corrected chi connectivity index (χ2v) is 7.96. The molecule has 0 fully saturated rings. The zero-order chi connectivity index (χ0) is 21.3. The monoisotopic (exact) mass is 535 g/mol. The summed E-state index contributed by atoms with van der Waals surface area (Å²) in [6.07, 6.45) is 1.82. The summed E-state index contributed by atoms with van der Waals surface area (Å²) in [5, 5.41) is 0.708. The Morgan fingerprint density at radius 3 is 2.27 bits per heavy atom. The molecule has 3 aromatic carbocycles. The van der Waals surface area contributed by atoms with E-state index in [-0.39, 0.29) is 0 Å². The first-order chi connectivity index (χ1) is 14.6. The van der Waals surface area contributed by atoms with Crippen molar-refractivity contribution in [2.75, 3.05) is 13.2 Å². The lowest BCUT2D eigenvalue weighted by Gasteiger charge is -2.15. The fourth-order valence-corrected chi connectivity index (χ4v) is 3.65. The average molecular weight is 536 g/mol. The molecule has 4 nitrogen and oxygen atoms in total. The molecule has 3 aromatic rings. The van der Waals surface area contributed by atoms with Crippen LogP contribution in [0.15, 0.2) is 65.7 Å². The molecule has 0 bridgehead atoms. The van der Waals surface area contributed by atoms with Gasteiger partial charge in [-0.3, -0.25) is 4.99 Å². The Balaban J connectivity index is 1.76. The molecule has 6 heteroatoms. The second kappa shape index (κ2) is 11.2.